The zero-order valence-electron chi connectivity index (χ0n) is 4.91. The van der Waals surface area contributed by atoms with Gasteiger partial charge in [0.05, 0.1) is 19.1 Å². The van der Waals surface area contributed by atoms with Crippen molar-refractivity contribution in [1.82, 2.24) is 0 Å². The molecule has 0 aliphatic carbocycles. The van der Waals surface area contributed by atoms with E-state index in [1.54, 1.807) is 0 Å². The van der Waals surface area contributed by atoms with Crippen LogP contribution in [0, 0.1) is 0 Å². The predicted octanol–water partition coefficient (Wildman–Crippen LogP) is -1.79. The summed E-state index contributed by atoms with van der Waals surface area (Å²) in [5.41, 5.74) is 4.90. The Kier molecular flexibility index (Phi) is 3.71. The van der Waals surface area contributed by atoms with Crippen molar-refractivity contribution < 1.29 is 13.2 Å². The molecule has 0 unspecified atom stereocenters. The van der Waals surface area contributed by atoms with Gasteiger partial charge in [0.2, 0.25) is 10.0 Å². The van der Waals surface area contributed by atoms with Gasteiger partial charge in [-0.05, 0) is 0 Å². The number of nitrogens with two attached hydrogens (primary N) is 2. The average Bonchev–Trinajstić information content (AvgIpc) is 1.63. The van der Waals surface area contributed by atoms with E-state index in [0.717, 1.165) is 0 Å². The molecule has 0 aliphatic heterocycles. The Balaban J connectivity index is 3.30. The van der Waals surface area contributed by atoms with Crippen molar-refractivity contribution in [3.63, 3.8) is 0 Å². The Bertz CT molecular complexity index is 152. The molecule has 0 saturated carbocycles. The summed E-state index contributed by atoms with van der Waals surface area (Å²) in [6, 6.07) is 0. The molecule has 0 saturated heterocycles. The minimum Gasteiger partial charge on any atom is -0.365 e. The molecular formula is C3H10N2O3S. The molecule has 0 spiro atoms. The predicted molar refractivity (Wildman–Crippen MR) is 33.0 cm³/mol. The molecule has 6 heteroatoms. The molecule has 0 atom stereocenters. The third kappa shape index (κ3) is 7.83. The lowest BCUT2D eigenvalue weighted by Gasteiger charge is -1.96. The minimum atomic E-state index is -3.38. The first kappa shape index (κ1) is 8.83. The Morgan fingerprint density at radius 3 is 2.33 bits per heavy atom. The zero-order valence-corrected chi connectivity index (χ0v) is 5.73. The van der Waals surface area contributed by atoms with E-state index in [-0.39, 0.29) is 19.1 Å². The van der Waals surface area contributed by atoms with Gasteiger partial charge in [0.1, 0.15) is 0 Å². The number of primary sulfonamides is 1. The Morgan fingerprint density at radius 1 is 1.44 bits per heavy atom. The molecule has 0 aromatic rings. The van der Waals surface area contributed by atoms with Crippen LogP contribution in [0.5, 0.6) is 0 Å². The monoisotopic (exact) mass is 154 g/mol. The average molecular weight is 154 g/mol. The highest BCUT2D eigenvalue weighted by atomic mass is 32.2. The molecule has 0 rings (SSSR count). The smallest absolute Gasteiger partial charge is 0.211 e. The van der Waals surface area contributed by atoms with Crippen LogP contribution in [0.3, 0.4) is 0 Å². The Hall–Kier alpha value is -0.170. The Labute approximate surface area is 54.0 Å². The van der Waals surface area contributed by atoms with Crippen LogP contribution in [0.2, 0.25) is 0 Å². The van der Waals surface area contributed by atoms with Gasteiger partial charge < -0.3 is 10.5 Å². The third-order valence-electron chi connectivity index (χ3n) is 0.630. The first-order valence-electron chi connectivity index (χ1n) is 2.34. The van der Waals surface area contributed by atoms with Gasteiger partial charge in [-0.3, -0.25) is 0 Å². The first-order valence-corrected chi connectivity index (χ1v) is 4.06. The van der Waals surface area contributed by atoms with Crippen LogP contribution in [0.1, 0.15) is 0 Å². The van der Waals surface area contributed by atoms with Crippen molar-refractivity contribution in [2.45, 2.75) is 0 Å². The minimum absolute atomic E-state index is 0.0233. The maximum absolute atomic E-state index is 10.2. The molecule has 0 heterocycles. The number of ether oxygens (including phenoxy) is 1. The largest absolute Gasteiger partial charge is 0.365 e. The van der Waals surface area contributed by atoms with Crippen LogP contribution < -0.4 is 10.9 Å². The van der Waals surface area contributed by atoms with Gasteiger partial charge in [-0.25, -0.2) is 13.6 Å². The van der Waals surface area contributed by atoms with Crippen molar-refractivity contribution in [1.29, 1.82) is 0 Å². The summed E-state index contributed by atoms with van der Waals surface area (Å²) in [6.07, 6.45) is 0. The molecule has 4 N–H and O–H groups in total. The molecular weight excluding hydrogens is 144 g/mol. The molecule has 9 heavy (non-hydrogen) atoms. The zero-order chi connectivity index (χ0) is 7.33. The molecule has 0 fully saturated rings. The summed E-state index contributed by atoms with van der Waals surface area (Å²) in [4.78, 5) is 0. The number of rotatable bonds is 4. The summed E-state index contributed by atoms with van der Waals surface area (Å²) in [5, 5.41) is 4.63. The maximum atomic E-state index is 10.2. The van der Waals surface area contributed by atoms with E-state index in [9.17, 15) is 8.42 Å². The molecule has 5 nitrogen and oxygen atoms in total. The van der Waals surface area contributed by atoms with E-state index in [1.807, 2.05) is 0 Å². The topological polar surface area (TPSA) is 95.4 Å². The van der Waals surface area contributed by atoms with E-state index in [0.29, 0.717) is 0 Å². The number of hydrogen-bond donors (Lipinski definition) is 2. The summed E-state index contributed by atoms with van der Waals surface area (Å²) < 4.78 is 24.9. The van der Waals surface area contributed by atoms with Crippen molar-refractivity contribution in [2.24, 2.45) is 10.9 Å². The quantitative estimate of drug-likeness (QED) is 0.369. The number of hydrogen-bond acceptors (Lipinski definition) is 4. The highest BCUT2D eigenvalue weighted by molar-refractivity contribution is 7.89. The summed E-state index contributed by atoms with van der Waals surface area (Å²) in [6.45, 7) is 0.0881. The van der Waals surface area contributed by atoms with Crippen LogP contribution in [-0.2, 0) is 14.8 Å². The molecule has 0 amide bonds. The Morgan fingerprint density at radius 2 is 2.00 bits per heavy atom. The van der Waals surface area contributed by atoms with Gasteiger partial charge in [-0.2, -0.15) is 0 Å². The van der Waals surface area contributed by atoms with Crippen LogP contribution in [0.4, 0.5) is 0 Å². The van der Waals surface area contributed by atoms with E-state index >= 15 is 0 Å². The van der Waals surface area contributed by atoms with E-state index in [4.69, 9.17) is 5.73 Å². The summed E-state index contributed by atoms with van der Waals surface area (Å²) in [5.74, 6) is -0.176. The highest BCUT2D eigenvalue weighted by Crippen LogP contribution is 1.76. The lowest BCUT2D eigenvalue weighted by molar-refractivity contribution is 0.156. The molecule has 56 valence electrons. The lowest BCUT2D eigenvalue weighted by Crippen LogP contribution is -2.21. The van der Waals surface area contributed by atoms with Crippen molar-refractivity contribution in [3.8, 4) is 0 Å². The standard InChI is InChI=1S/C3H10N2O3S/c4-3-8-1-2-9(5,6)7/h1-4H2,(H2,5,6,7). The lowest BCUT2D eigenvalue weighted by atomic mass is 10.9. The molecule has 0 aliphatic rings. The molecule has 0 radical (unpaired) electrons. The number of sulfonamides is 1. The van der Waals surface area contributed by atoms with Crippen LogP contribution >= 0.6 is 0 Å². The van der Waals surface area contributed by atoms with Gasteiger partial charge in [0, 0.05) is 0 Å². The summed E-state index contributed by atoms with van der Waals surface area (Å²) >= 11 is 0. The van der Waals surface area contributed by atoms with E-state index in [1.165, 1.54) is 0 Å². The first-order chi connectivity index (χ1) is 4.06. The second-order valence-corrected chi connectivity index (χ2v) is 3.18. The van der Waals surface area contributed by atoms with E-state index in [2.05, 4.69) is 9.88 Å². The normalized spacial score (nSPS) is 11.8. The maximum Gasteiger partial charge on any atom is 0.211 e. The van der Waals surface area contributed by atoms with Gasteiger partial charge in [-0.1, -0.05) is 0 Å². The van der Waals surface area contributed by atoms with Gasteiger partial charge in [0.25, 0.3) is 0 Å². The van der Waals surface area contributed by atoms with Gasteiger partial charge in [0.15, 0.2) is 0 Å². The van der Waals surface area contributed by atoms with Crippen LogP contribution in [0.25, 0.3) is 0 Å². The molecule has 0 aromatic heterocycles. The summed E-state index contributed by atoms with van der Waals surface area (Å²) in [7, 11) is -3.38. The van der Waals surface area contributed by atoms with Crippen molar-refractivity contribution >= 4 is 10.0 Å². The fraction of sp³-hybridized carbons (Fsp3) is 1.00. The van der Waals surface area contributed by atoms with Crippen LogP contribution in [-0.4, -0.2) is 27.5 Å². The van der Waals surface area contributed by atoms with Crippen LogP contribution in [0.15, 0.2) is 0 Å². The van der Waals surface area contributed by atoms with Gasteiger partial charge >= 0.3 is 0 Å². The molecule has 0 bridgehead atoms. The fourth-order valence-electron chi connectivity index (χ4n) is 0.258. The second-order valence-electron chi connectivity index (χ2n) is 1.44. The SMILES string of the molecule is NCOCCS(N)(=O)=O. The fourth-order valence-corrected chi connectivity index (χ4v) is 0.609. The van der Waals surface area contributed by atoms with Gasteiger partial charge in [-0.15, -0.1) is 0 Å². The van der Waals surface area contributed by atoms with E-state index < -0.39 is 10.0 Å². The van der Waals surface area contributed by atoms with Crippen molar-refractivity contribution in [2.75, 3.05) is 19.1 Å². The van der Waals surface area contributed by atoms with Crippen molar-refractivity contribution in [3.05, 3.63) is 0 Å². The second kappa shape index (κ2) is 3.78. The third-order valence-corrected chi connectivity index (χ3v) is 1.37. The highest BCUT2D eigenvalue weighted by Gasteiger charge is 1.99. The molecule has 0 aromatic carbocycles.